The number of thiol groups is 1. The van der Waals surface area contributed by atoms with Gasteiger partial charge in [-0.1, -0.05) is 6.07 Å². The van der Waals surface area contributed by atoms with E-state index in [0.29, 0.717) is 5.56 Å². The molecule has 0 heterocycles. The maximum Gasteiger partial charge on any atom is 0.335 e. The van der Waals surface area contributed by atoms with Crippen molar-refractivity contribution in [1.82, 2.24) is 0 Å². The Labute approximate surface area is 76.6 Å². The third-order valence-corrected chi connectivity index (χ3v) is 2.55. The molecule has 1 aromatic rings. The molecule has 0 spiro atoms. The van der Waals surface area contributed by atoms with Crippen molar-refractivity contribution in [1.29, 1.82) is 0 Å². The number of carbonyl (C=O) groups is 1. The van der Waals surface area contributed by atoms with Crippen LogP contribution in [0.4, 0.5) is 0 Å². The van der Waals surface area contributed by atoms with Gasteiger partial charge in [-0.25, -0.2) is 4.79 Å². The molecule has 0 aliphatic heterocycles. The lowest BCUT2D eigenvalue weighted by Crippen LogP contribution is -2.00. The summed E-state index contributed by atoms with van der Waals surface area (Å²) in [5.74, 6) is -0.900. The topological polar surface area (TPSA) is 37.3 Å². The molecule has 12 heavy (non-hydrogen) atoms. The van der Waals surface area contributed by atoms with E-state index in [-0.39, 0.29) is 0 Å². The van der Waals surface area contributed by atoms with Crippen molar-refractivity contribution in [2.24, 2.45) is 0 Å². The molecule has 1 aromatic carbocycles. The number of carboxylic acids is 1. The van der Waals surface area contributed by atoms with Crippen molar-refractivity contribution in [3.05, 3.63) is 28.8 Å². The fraction of sp³-hybridized carbons (Fsp3) is 0.222. The van der Waals surface area contributed by atoms with Crippen molar-refractivity contribution < 1.29 is 9.90 Å². The van der Waals surface area contributed by atoms with Crippen LogP contribution in [0.5, 0.6) is 0 Å². The minimum atomic E-state index is -0.900. The summed E-state index contributed by atoms with van der Waals surface area (Å²) >= 11 is 4.21. The van der Waals surface area contributed by atoms with Crippen LogP contribution >= 0.6 is 12.6 Å². The predicted octanol–water partition coefficient (Wildman–Crippen LogP) is 2.29. The number of aromatic carboxylic acids is 1. The lowest BCUT2D eigenvalue weighted by atomic mass is 10.1. The third-order valence-electron chi connectivity index (χ3n) is 1.86. The van der Waals surface area contributed by atoms with E-state index >= 15 is 0 Å². The van der Waals surface area contributed by atoms with Gasteiger partial charge in [0.2, 0.25) is 0 Å². The van der Waals surface area contributed by atoms with Gasteiger partial charge in [0.25, 0.3) is 0 Å². The smallest absolute Gasteiger partial charge is 0.335 e. The second kappa shape index (κ2) is 3.19. The monoisotopic (exact) mass is 182 g/mol. The Morgan fingerprint density at radius 1 is 1.42 bits per heavy atom. The van der Waals surface area contributed by atoms with E-state index in [1.165, 1.54) is 0 Å². The van der Waals surface area contributed by atoms with Crippen LogP contribution in [-0.2, 0) is 0 Å². The molecule has 2 nitrogen and oxygen atoms in total. The largest absolute Gasteiger partial charge is 0.478 e. The molecule has 0 saturated carbocycles. The molecule has 1 N–H and O–H groups in total. The normalized spacial score (nSPS) is 9.92. The highest BCUT2D eigenvalue weighted by molar-refractivity contribution is 7.80. The Kier molecular flexibility index (Phi) is 2.43. The number of hydrogen-bond acceptors (Lipinski definition) is 2. The fourth-order valence-electron chi connectivity index (χ4n) is 1.07. The molecule has 3 heteroatoms. The summed E-state index contributed by atoms with van der Waals surface area (Å²) in [6, 6.07) is 3.37. The molecule has 0 atom stereocenters. The van der Waals surface area contributed by atoms with Gasteiger partial charge in [0.15, 0.2) is 0 Å². The van der Waals surface area contributed by atoms with Crippen molar-refractivity contribution in [3.8, 4) is 0 Å². The highest BCUT2D eigenvalue weighted by Gasteiger charge is 2.09. The zero-order valence-electron chi connectivity index (χ0n) is 6.96. The van der Waals surface area contributed by atoms with Crippen molar-refractivity contribution in [2.75, 3.05) is 0 Å². The number of carboxylic acid groups (broad SMARTS) is 1. The van der Waals surface area contributed by atoms with E-state index in [1.807, 2.05) is 6.92 Å². The maximum atomic E-state index is 10.7. The number of rotatable bonds is 1. The van der Waals surface area contributed by atoms with Crippen LogP contribution in [0.3, 0.4) is 0 Å². The molecule has 0 aliphatic rings. The fourth-order valence-corrected chi connectivity index (χ4v) is 1.26. The van der Waals surface area contributed by atoms with Gasteiger partial charge in [-0.2, -0.15) is 0 Å². The van der Waals surface area contributed by atoms with E-state index in [1.54, 1.807) is 19.1 Å². The van der Waals surface area contributed by atoms with Crippen LogP contribution in [0.15, 0.2) is 17.0 Å². The molecule has 0 aromatic heterocycles. The Morgan fingerprint density at radius 2 is 2.00 bits per heavy atom. The standard InChI is InChI=1S/C9H10O2S/c1-5-3-4-7(9(10)11)6(2)8(5)12/h3-4,12H,1-2H3,(H,10,11). The van der Waals surface area contributed by atoms with Gasteiger partial charge in [-0.15, -0.1) is 12.6 Å². The van der Waals surface area contributed by atoms with Gasteiger partial charge in [-0.05, 0) is 31.0 Å². The van der Waals surface area contributed by atoms with Gasteiger partial charge >= 0.3 is 5.97 Å². The minimum absolute atomic E-state index is 0.325. The first kappa shape index (κ1) is 9.13. The van der Waals surface area contributed by atoms with Crippen LogP contribution in [0.25, 0.3) is 0 Å². The SMILES string of the molecule is Cc1ccc(C(=O)O)c(C)c1S. The quantitative estimate of drug-likeness (QED) is 0.654. The van der Waals surface area contributed by atoms with Gasteiger partial charge in [0.1, 0.15) is 0 Å². The summed E-state index contributed by atoms with van der Waals surface area (Å²) in [5, 5.41) is 8.75. The summed E-state index contributed by atoms with van der Waals surface area (Å²) in [6.45, 7) is 3.67. The summed E-state index contributed by atoms with van der Waals surface area (Å²) < 4.78 is 0. The van der Waals surface area contributed by atoms with Crippen LogP contribution in [0.2, 0.25) is 0 Å². The van der Waals surface area contributed by atoms with E-state index in [4.69, 9.17) is 5.11 Å². The van der Waals surface area contributed by atoms with Crippen LogP contribution in [-0.4, -0.2) is 11.1 Å². The summed E-state index contributed by atoms with van der Waals surface area (Å²) in [6.07, 6.45) is 0. The maximum absolute atomic E-state index is 10.7. The van der Waals surface area contributed by atoms with Crippen LogP contribution in [0.1, 0.15) is 21.5 Å². The van der Waals surface area contributed by atoms with Crippen molar-refractivity contribution in [3.63, 3.8) is 0 Å². The van der Waals surface area contributed by atoms with Crippen molar-refractivity contribution >= 4 is 18.6 Å². The number of hydrogen-bond donors (Lipinski definition) is 2. The predicted molar refractivity (Wildman–Crippen MR) is 50.1 cm³/mol. The average molecular weight is 182 g/mol. The second-order valence-electron chi connectivity index (χ2n) is 2.71. The van der Waals surface area contributed by atoms with Crippen LogP contribution < -0.4 is 0 Å². The van der Waals surface area contributed by atoms with E-state index in [2.05, 4.69) is 12.6 Å². The molecular weight excluding hydrogens is 172 g/mol. The Hall–Kier alpha value is -0.960. The first-order valence-electron chi connectivity index (χ1n) is 3.56. The molecule has 0 aliphatic carbocycles. The van der Waals surface area contributed by atoms with Gasteiger partial charge in [0.05, 0.1) is 5.56 Å². The molecule has 0 bridgehead atoms. The number of aryl methyl sites for hydroxylation is 1. The average Bonchev–Trinajstić information content (AvgIpc) is 2.00. The molecule has 0 unspecified atom stereocenters. The lowest BCUT2D eigenvalue weighted by molar-refractivity contribution is 0.0696. The highest BCUT2D eigenvalue weighted by atomic mass is 32.1. The zero-order chi connectivity index (χ0) is 9.30. The minimum Gasteiger partial charge on any atom is -0.478 e. The summed E-state index contributed by atoms with van der Waals surface area (Å²) in [5.41, 5.74) is 2.05. The Bertz CT molecular complexity index is 332. The molecule has 1 rings (SSSR count). The van der Waals surface area contributed by atoms with Crippen molar-refractivity contribution in [2.45, 2.75) is 18.7 Å². The first-order chi connectivity index (χ1) is 5.54. The summed E-state index contributed by atoms with van der Waals surface area (Å²) in [7, 11) is 0. The molecule has 0 radical (unpaired) electrons. The summed E-state index contributed by atoms with van der Waals surface area (Å²) in [4.78, 5) is 11.4. The lowest BCUT2D eigenvalue weighted by Gasteiger charge is -2.05. The molecule has 0 amide bonds. The van der Waals surface area contributed by atoms with Gasteiger partial charge < -0.3 is 5.11 Å². The van der Waals surface area contributed by atoms with Gasteiger partial charge in [-0.3, -0.25) is 0 Å². The van der Waals surface area contributed by atoms with Crippen LogP contribution in [0, 0.1) is 13.8 Å². The first-order valence-corrected chi connectivity index (χ1v) is 4.01. The molecular formula is C9H10O2S. The number of benzene rings is 1. The zero-order valence-corrected chi connectivity index (χ0v) is 7.85. The molecule has 64 valence electrons. The molecule has 0 saturated heterocycles. The Balaban J connectivity index is 3.36. The van der Waals surface area contributed by atoms with E-state index < -0.39 is 5.97 Å². The van der Waals surface area contributed by atoms with E-state index in [9.17, 15) is 4.79 Å². The van der Waals surface area contributed by atoms with Gasteiger partial charge in [0, 0.05) is 4.90 Å². The molecule has 0 fully saturated rings. The second-order valence-corrected chi connectivity index (χ2v) is 3.16. The Morgan fingerprint density at radius 3 is 2.50 bits per heavy atom. The highest BCUT2D eigenvalue weighted by Crippen LogP contribution is 2.21. The van der Waals surface area contributed by atoms with E-state index in [0.717, 1.165) is 16.0 Å². The third kappa shape index (κ3) is 1.46.